The Balaban J connectivity index is 0.985. The molecule has 4 aromatic heterocycles. The average molecular weight is 1210 g/mol. The predicted octanol–water partition coefficient (Wildman–Crippen LogP) is 20.3. The molecule has 0 fully saturated rings. The van der Waals surface area contributed by atoms with Gasteiger partial charge in [0, 0.05) is 71.5 Å². The minimum atomic E-state index is 0.377. The lowest BCUT2D eigenvalue weighted by molar-refractivity contribution is 1.07. The van der Waals surface area contributed by atoms with Crippen LogP contribution in [0.15, 0.2) is 291 Å². The number of nitriles is 4. The summed E-state index contributed by atoms with van der Waals surface area (Å²) in [7, 11) is 0. The van der Waals surface area contributed by atoms with Crippen molar-refractivity contribution in [1.82, 2.24) is 28.7 Å². The summed E-state index contributed by atoms with van der Waals surface area (Å²) < 4.78 is 7.01. The highest BCUT2D eigenvalue weighted by molar-refractivity contribution is 6.14. The monoisotopic (exact) mass is 1210 g/mol. The highest BCUT2D eigenvalue weighted by Crippen LogP contribution is 2.47. The second-order valence-corrected chi connectivity index (χ2v) is 23.6. The second-order valence-electron chi connectivity index (χ2n) is 23.6. The minimum absolute atomic E-state index is 0.377. The average Bonchev–Trinajstić information content (AvgIpc) is 1.66. The molecule has 0 unspecified atom stereocenters. The van der Waals surface area contributed by atoms with Gasteiger partial charge in [0.25, 0.3) is 0 Å². The van der Waals surface area contributed by atoms with Crippen LogP contribution in [0.1, 0.15) is 22.3 Å². The fraction of sp³-hybridized carbons (Fsp3) is 0. The van der Waals surface area contributed by atoms with Crippen LogP contribution in [0.3, 0.4) is 0 Å². The molecule has 10 heteroatoms. The van der Waals surface area contributed by atoms with Crippen molar-refractivity contribution in [2.45, 2.75) is 0 Å². The van der Waals surface area contributed by atoms with E-state index in [0.29, 0.717) is 39.7 Å². The first-order valence-corrected chi connectivity index (χ1v) is 31.1. The van der Waals surface area contributed by atoms with Crippen LogP contribution in [0.2, 0.25) is 0 Å². The maximum atomic E-state index is 10.2. The van der Waals surface area contributed by atoms with Gasteiger partial charge in [0.2, 0.25) is 0 Å². The van der Waals surface area contributed by atoms with Gasteiger partial charge in [-0.05, 0) is 155 Å². The summed E-state index contributed by atoms with van der Waals surface area (Å²) in [5.74, 6) is 1.55. The first kappa shape index (κ1) is 55.3. The van der Waals surface area contributed by atoms with Gasteiger partial charge >= 0.3 is 0 Å². The first-order chi connectivity index (χ1) is 46.9. The van der Waals surface area contributed by atoms with Crippen LogP contribution in [0, 0.1) is 45.3 Å². The number of nitrogens with zero attached hydrogens (tertiary/aromatic N) is 10. The maximum Gasteiger partial charge on any atom is 0.164 e. The van der Waals surface area contributed by atoms with E-state index in [-0.39, 0.29) is 0 Å². The van der Waals surface area contributed by atoms with E-state index in [9.17, 15) is 21.0 Å². The van der Waals surface area contributed by atoms with Gasteiger partial charge in [0.15, 0.2) is 17.5 Å². The SMILES string of the molecule is N#Cc1cc(C#N)cc(-c2ccc3c(c2)c2cc(-c4cc(C#N)cc(C#N)c4)ccc2n3-c2c(-c3ccc(-n4c5ccccc5c5ccccc54)cc3)cc(-c3nc(-c4ccccc4)nc(-c4ccccc4)n3)cc2-c2ccc(-n3c4ccccc4c4ccccc43)cc2)c1. The van der Waals surface area contributed by atoms with Crippen LogP contribution in [-0.4, -0.2) is 28.7 Å². The van der Waals surface area contributed by atoms with Crippen LogP contribution in [0.4, 0.5) is 0 Å². The molecule has 438 valence electrons. The summed E-state index contributed by atoms with van der Waals surface area (Å²) in [5, 5.41) is 47.4. The lowest BCUT2D eigenvalue weighted by Crippen LogP contribution is -2.04. The molecule has 95 heavy (non-hydrogen) atoms. The highest BCUT2D eigenvalue weighted by Gasteiger charge is 2.26. The Hall–Kier alpha value is -13.8. The number of hydrogen-bond donors (Lipinski definition) is 0. The third kappa shape index (κ3) is 9.43. The van der Waals surface area contributed by atoms with Crippen molar-refractivity contribution in [2.75, 3.05) is 0 Å². The van der Waals surface area contributed by atoms with Gasteiger partial charge in [0.05, 0.1) is 85.3 Å². The van der Waals surface area contributed by atoms with Crippen molar-refractivity contribution in [2.24, 2.45) is 0 Å². The van der Waals surface area contributed by atoms with E-state index in [1.165, 1.54) is 21.5 Å². The molecule has 0 atom stereocenters. The van der Waals surface area contributed by atoms with E-state index in [4.69, 9.17) is 15.0 Å². The van der Waals surface area contributed by atoms with E-state index in [1.807, 2.05) is 84.9 Å². The van der Waals surface area contributed by atoms with Crippen LogP contribution in [0.25, 0.3) is 161 Å². The molecule has 4 heterocycles. The summed E-state index contributed by atoms with van der Waals surface area (Å²) in [6.07, 6.45) is 0. The standard InChI is InChI=1S/C85H48N10/c86-49-53-39-54(50-87)42-63(41-53)61-31-37-80-74(45-61)75-46-62(64-43-55(51-88)40-56(44-64)52-89)32-38-81(75)95(80)82-72(57-27-33-66(34-28-57)93-76-23-11-7-19-68(76)69-20-8-12-24-77(69)93)47-65(85-91-83(59-15-3-1-4-16-59)90-84(92-85)60-17-5-2-6-18-60)48-73(82)58-29-35-67(36-30-58)94-78-25-13-9-21-70(78)71-22-10-14-26-79(71)94/h1-48H. The van der Waals surface area contributed by atoms with Gasteiger partial charge < -0.3 is 13.7 Å². The Kier molecular flexibility index (Phi) is 13.2. The van der Waals surface area contributed by atoms with Crippen LogP contribution in [-0.2, 0) is 0 Å². The fourth-order valence-electron chi connectivity index (χ4n) is 13.8. The number of benzene rings is 13. The predicted molar refractivity (Wildman–Crippen MR) is 380 cm³/mol. The highest BCUT2D eigenvalue weighted by atomic mass is 15.0. The topological polar surface area (TPSA) is 149 Å². The molecule has 0 radical (unpaired) electrons. The molecule has 17 aromatic rings. The fourth-order valence-corrected chi connectivity index (χ4v) is 13.8. The van der Waals surface area contributed by atoms with E-state index >= 15 is 0 Å². The van der Waals surface area contributed by atoms with Crippen molar-refractivity contribution in [3.05, 3.63) is 313 Å². The third-order valence-corrected chi connectivity index (χ3v) is 18.1. The van der Waals surface area contributed by atoms with Crippen molar-refractivity contribution >= 4 is 65.4 Å². The molecule has 0 aliphatic heterocycles. The zero-order valence-electron chi connectivity index (χ0n) is 50.7. The number of para-hydroxylation sites is 4. The van der Waals surface area contributed by atoms with E-state index in [2.05, 4.69) is 232 Å². The molecule has 0 aliphatic carbocycles. The summed E-state index contributed by atoms with van der Waals surface area (Å²) in [6, 6.07) is 108. The molecule has 0 N–H and O–H groups in total. The summed E-state index contributed by atoms with van der Waals surface area (Å²) >= 11 is 0. The molecule has 0 amide bonds. The molecular formula is C85H48N10. The molecule has 0 saturated heterocycles. The molecule has 10 nitrogen and oxygen atoms in total. The Morgan fingerprint density at radius 1 is 0.221 bits per heavy atom. The van der Waals surface area contributed by atoms with Gasteiger partial charge in [-0.2, -0.15) is 21.0 Å². The largest absolute Gasteiger partial charge is 0.309 e. The Morgan fingerprint density at radius 3 is 0.874 bits per heavy atom. The Morgan fingerprint density at radius 2 is 0.526 bits per heavy atom. The molecule has 0 bridgehead atoms. The van der Waals surface area contributed by atoms with Crippen LogP contribution >= 0.6 is 0 Å². The van der Waals surface area contributed by atoms with Crippen molar-refractivity contribution in [3.63, 3.8) is 0 Å². The number of aromatic nitrogens is 6. The molecular weight excluding hydrogens is 1160 g/mol. The smallest absolute Gasteiger partial charge is 0.164 e. The maximum absolute atomic E-state index is 10.2. The van der Waals surface area contributed by atoms with Crippen molar-refractivity contribution in [3.8, 4) is 120 Å². The quantitative estimate of drug-likeness (QED) is 0.132. The molecule has 0 saturated carbocycles. The summed E-state index contributed by atoms with van der Waals surface area (Å²) in [4.78, 5) is 15.9. The zero-order chi connectivity index (χ0) is 63.7. The summed E-state index contributed by atoms with van der Waals surface area (Å²) in [5.41, 5.74) is 19.7. The Labute approximate surface area is 545 Å². The second kappa shape index (κ2) is 22.6. The lowest BCUT2D eigenvalue weighted by atomic mass is 9.92. The van der Waals surface area contributed by atoms with Crippen LogP contribution in [0.5, 0.6) is 0 Å². The van der Waals surface area contributed by atoms with Crippen molar-refractivity contribution < 1.29 is 0 Å². The first-order valence-electron chi connectivity index (χ1n) is 31.1. The minimum Gasteiger partial charge on any atom is -0.309 e. The zero-order valence-corrected chi connectivity index (χ0v) is 50.7. The Bertz CT molecular complexity index is 5650. The molecule has 0 aliphatic rings. The van der Waals surface area contributed by atoms with E-state index < -0.39 is 0 Å². The van der Waals surface area contributed by atoms with E-state index in [1.54, 1.807) is 12.1 Å². The van der Waals surface area contributed by atoms with Crippen LogP contribution < -0.4 is 0 Å². The summed E-state index contributed by atoms with van der Waals surface area (Å²) in [6.45, 7) is 0. The normalized spacial score (nSPS) is 11.3. The number of fused-ring (bicyclic) bond motifs is 9. The lowest BCUT2D eigenvalue weighted by Gasteiger charge is -2.22. The van der Waals surface area contributed by atoms with E-state index in [0.717, 1.165) is 122 Å². The van der Waals surface area contributed by atoms with Gasteiger partial charge in [-0.15, -0.1) is 0 Å². The van der Waals surface area contributed by atoms with Gasteiger partial charge in [-0.25, -0.2) is 15.0 Å². The van der Waals surface area contributed by atoms with Gasteiger partial charge in [-0.3, -0.25) is 0 Å². The third-order valence-electron chi connectivity index (χ3n) is 18.1. The molecule has 13 aromatic carbocycles. The molecule has 0 spiro atoms. The molecule has 17 rings (SSSR count). The van der Waals surface area contributed by atoms with Crippen molar-refractivity contribution in [1.29, 1.82) is 21.0 Å². The van der Waals surface area contributed by atoms with Gasteiger partial charge in [-0.1, -0.05) is 170 Å². The van der Waals surface area contributed by atoms with Gasteiger partial charge in [0.1, 0.15) is 0 Å². The number of hydrogen-bond acceptors (Lipinski definition) is 7. The number of rotatable bonds is 10.